The summed E-state index contributed by atoms with van der Waals surface area (Å²) < 4.78 is 11.8. The molecule has 38 heavy (non-hydrogen) atoms. The molecule has 5 rings (SSSR count). The van der Waals surface area contributed by atoms with Crippen molar-refractivity contribution >= 4 is 39.6 Å². The molecule has 8 nitrogen and oxygen atoms in total. The van der Waals surface area contributed by atoms with Gasteiger partial charge in [-0.05, 0) is 69.8 Å². The normalized spacial score (nSPS) is 15.3. The highest BCUT2D eigenvalue weighted by molar-refractivity contribution is 6.32. The highest BCUT2D eigenvalue weighted by Gasteiger charge is 2.23. The minimum absolute atomic E-state index is 0.215. The predicted octanol–water partition coefficient (Wildman–Crippen LogP) is 6.34. The lowest BCUT2D eigenvalue weighted by Gasteiger charge is -2.24. The van der Waals surface area contributed by atoms with E-state index in [0.29, 0.717) is 35.2 Å². The predicted molar refractivity (Wildman–Crippen MR) is 150 cm³/mol. The Labute approximate surface area is 227 Å². The molecule has 2 aromatic carbocycles. The number of likely N-dealkylation sites (tertiary alicyclic amines) is 1. The topological polar surface area (TPSA) is 95.3 Å². The Hall–Kier alpha value is -4.06. The molecule has 1 aliphatic rings. The summed E-state index contributed by atoms with van der Waals surface area (Å²) in [5, 5.41) is 18.2. The lowest BCUT2D eigenvalue weighted by Crippen LogP contribution is -2.32. The number of nitrogens with zero attached hydrogens (tertiary/aromatic N) is 4. The first-order valence-corrected chi connectivity index (χ1v) is 13.0. The van der Waals surface area contributed by atoms with Crippen LogP contribution in [0.1, 0.15) is 31.0 Å². The maximum absolute atomic E-state index is 9.88. The van der Waals surface area contributed by atoms with Gasteiger partial charge in [0.25, 0.3) is 0 Å². The van der Waals surface area contributed by atoms with E-state index in [1.807, 2.05) is 43.3 Å². The van der Waals surface area contributed by atoms with Crippen LogP contribution in [0.4, 0.5) is 17.1 Å². The highest BCUT2D eigenvalue weighted by Crippen LogP contribution is 2.38. The number of anilines is 3. The van der Waals surface area contributed by atoms with E-state index < -0.39 is 0 Å². The van der Waals surface area contributed by atoms with Crippen LogP contribution in [0.3, 0.4) is 0 Å². The summed E-state index contributed by atoms with van der Waals surface area (Å²) in [6.45, 7) is 3.86. The minimum Gasteiger partial charge on any atom is -0.492 e. The van der Waals surface area contributed by atoms with Gasteiger partial charge in [0.2, 0.25) is 0 Å². The van der Waals surface area contributed by atoms with Crippen molar-refractivity contribution in [1.29, 1.82) is 5.26 Å². The van der Waals surface area contributed by atoms with E-state index in [1.165, 1.54) is 0 Å². The van der Waals surface area contributed by atoms with E-state index in [2.05, 4.69) is 38.6 Å². The summed E-state index contributed by atoms with van der Waals surface area (Å²) in [5.74, 6) is 1.29. The molecule has 0 bridgehead atoms. The number of nitriles is 1. The quantitative estimate of drug-likeness (QED) is 0.260. The molecule has 3 heterocycles. The Morgan fingerprint density at radius 1 is 1.13 bits per heavy atom. The lowest BCUT2D eigenvalue weighted by molar-refractivity contribution is 0.301. The lowest BCUT2D eigenvalue weighted by atomic mass is 10.1. The van der Waals surface area contributed by atoms with E-state index >= 15 is 0 Å². The van der Waals surface area contributed by atoms with Gasteiger partial charge in [-0.25, -0.2) is 0 Å². The Balaban J connectivity index is 1.46. The molecule has 1 atom stereocenters. The van der Waals surface area contributed by atoms with Crippen LogP contribution >= 0.6 is 11.6 Å². The largest absolute Gasteiger partial charge is 0.492 e. The third-order valence-electron chi connectivity index (χ3n) is 6.54. The Morgan fingerprint density at radius 3 is 2.74 bits per heavy atom. The van der Waals surface area contributed by atoms with Crippen molar-refractivity contribution in [3.63, 3.8) is 0 Å². The molecule has 0 aliphatic carbocycles. The van der Waals surface area contributed by atoms with Gasteiger partial charge >= 0.3 is 0 Å². The van der Waals surface area contributed by atoms with Crippen LogP contribution < -0.4 is 20.1 Å². The maximum atomic E-state index is 9.88. The van der Waals surface area contributed by atoms with Gasteiger partial charge in [0.15, 0.2) is 0 Å². The Kier molecular flexibility index (Phi) is 7.78. The number of halogens is 1. The van der Waals surface area contributed by atoms with E-state index in [1.54, 1.807) is 24.5 Å². The first-order chi connectivity index (χ1) is 18.6. The van der Waals surface area contributed by atoms with Gasteiger partial charge in [-0.3, -0.25) is 14.9 Å². The third-order valence-corrected chi connectivity index (χ3v) is 6.83. The van der Waals surface area contributed by atoms with Crippen LogP contribution in [-0.4, -0.2) is 41.2 Å². The van der Waals surface area contributed by atoms with Crippen LogP contribution in [0.5, 0.6) is 11.5 Å². The molecule has 2 N–H and O–H groups in total. The monoisotopic (exact) mass is 528 g/mol. The Bertz CT molecular complexity index is 1470. The number of nitrogens with one attached hydrogen (secondary N) is 2. The molecular weight excluding hydrogens is 500 g/mol. The minimum atomic E-state index is 0.215. The average molecular weight is 529 g/mol. The number of pyridine rings is 2. The molecule has 9 heteroatoms. The van der Waals surface area contributed by atoms with Gasteiger partial charge < -0.3 is 20.1 Å². The van der Waals surface area contributed by atoms with Crippen LogP contribution in [0.2, 0.25) is 5.02 Å². The fourth-order valence-corrected chi connectivity index (χ4v) is 4.81. The highest BCUT2D eigenvalue weighted by atomic mass is 35.5. The second-order valence-electron chi connectivity index (χ2n) is 9.12. The van der Waals surface area contributed by atoms with Crippen LogP contribution in [0.25, 0.3) is 10.9 Å². The van der Waals surface area contributed by atoms with Crippen molar-refractivity contribution in [2.45, 2.75) is 32.5 Å². The first kappa shape index (κ1) is 25.6. The second-order valence-corrected chi connectivity index (χ2v) is 9.53. The van der Waals surface area contributed by atoms with Crippen LogP contribution in [-0.2, 0) is 6.61 Å². The molecule has 0 saturated carbocycles. The number of benzene rings is 2. The zero-order valence-corrected chi connectivity index (χ0v) is 22.1. The number of fused-ring (bicyclic) bond motifs is 1. The molecule has 1 fully saturated rings. The first-order valence-electron chi connectivity index (χ1n) is 12.6. The smallest absolute Gasteiger partial charge is 0.144 e. The zero-order chi connectivity index (χ0) is 26.5. The SMILES string of the molecule is CCOc1cc2ncc(C#N)c(Nc3ccc(OCc4ccccn4)c(Cl)c3)c2cc1NC1CCCN1C. The molecule has 0 amide bonds. The van der Waals surface area contributed by atoms with Crippen molar-refractivity contribution in [2.24, 2.45) is 0 Å². The maximum Gasteiger partial charge on any atom is 0.144 e. The fourth-order valence-electron chi connectivity index (χ4n) is 4.57. The van der Waals surface area contributed by atoms with Gasteiger partial charge in [-0.1, -0.05) is 17.7 Å². The van der Waals surface area contributed by atoms with Gasteiger partial charge in [0, 0.05) is 29.5 Å². The number of aromatic nitrogens is 2. The number of hydrogen-bond acceptors (Lipinski definition) is 8. The average Bonchev–Trinajstić information content (AvgIpc) is 3.33. The molecule has 1 unspecified atom stereocenters. The van der Waals surface area contributed by atoms with Crippen molar-refractivity contribution in [3.8, 4) is 17.6 Å². The van der Waals surface area contributed by atoms with E-state index in [9.17, 15) is 5.26 Å². The van der Waals surface area contributed by atoms with Crippen molar-refractivity contribution in [2.75, 3.05) is 30.8 Å². The van der Waals surface area contributed by atoms with Gasteiger partial charge in [0.1, 0.15) is 24.2 Å². The molecule has 1 aliphatic heterocycles. The summed E-state index contributed by atoms with van der Waals surface area (Å²) in [4.78, 5) is 11.1. The molecule has 2 aromatic heterocycles. The van der Waals surface area contributed by atoms with E-state index in [0.717, 1.165) is 53.1 Å². The molecule has 194 valence electrons. The van der Waals surface area contributed by atoms with E-state index in [-0.39, 0.29) is 6.17 Å². The standard InChI is InChI=1S/C29H29ClN6O2/c1-3-37-27-15-24-22(14-25(27)35-28-8-6-12-36(28)2)29(19(16-31)17-33-24)34-20-9-10-26(23(30)13-20)38-18-21-7-4-5-11-32-21/h4-5,7,9-11,13-15,17,28,35H,3,6,8,12,18H2,1-2H3,(H,33,34). The molecule has 1 saturated heterocycles. The van der Waals surface area contributed by atoms with E-state index in [4.69, 9.17) is 21.1 Å². The zero-order valence-electron chi connectivity index (χ0n) is 21.4. The van der Waals surface area contributed by atoms with Crippen LogP contribution in [0.15, 0.2) is 60.9 Å². The van der Waals surface area contributed by atoms with Gasteiger partial charge in [-0.15, -0.1) is 0 Å². The molecule has 0 radical (unpaired) electrons. The summed E-state index contributed by atoms with van der Waals surface area (Å²) >= 11 is 6.55. The fraction of sp³-hybridized carbons (Fsp3) is 0.276. The van der Waals surface area contributed by atoms with Crippen molar-refractivity contribution in [1.82, 2.24) is 14.9 Å². The molecule has 0 spiro atoms. The summed E-state index contributed by atoms with van der Waals surface area (Å²) in [7, 11) is 2.11. The third kappa shape index (κ3) is 5.59. The summed E-state index contributed by atoms with van der Waals surface area (Å²) in [5.41, 5.74) is 4.21. The number of ether oxygens (including phenoxy) is 2. The van der Waals surface area contributed by atoms with Gasteiger partial charge in [0.05, 0.1) is 45.9 Å². The Morgan fingerprint density at radius 2 is 2.03 bits per heavy atom. The summed E-state index contributed by atoms with van der Waals surface area (Å²) in [6.07, 6.45) is 5.71. The van der Waals surface area contributed by atoms with Crippen molar-refractivity contribution < 1.29 is 9.47 Å². The molecule has 4 aromatic rings. The number of rotatable bonds is 9. The second kappa shape index (κ2) is 11.5. The number of hydrogen-bond donors (Lipinski definition) is 2. The van der Waals surface area contributed by atoms with Gasteiger partial charge in [-0.2, -0.15) is 5.26 Å². The van der Waals surface area contributed by atoms with Crippen molar-refractivity contribution in [3.05, 3.63) is 77.2 Å². The summed E-state index contributed by atoms with van der Waals surface area (Å²) in [6, 6.07) is 17.3. The van der Waals surface area contributed by atoms with Crippen LogP contribution in [0, 0.1) is 11.3 Å². The molecular formula is C29H29ClN6O2.